The third-order valence-electron chi connectivity index (χ3n) is 7.47. The minimum Gasteiger partial charge on any atom is -0.465 e. The summed E-state index contributed by atoms with van der Waals surface area (Å²) in [5, 5.41) is 11.0. The zero-order valence-corrected chi connectivity index (χ0v) is 15.8. The SMILES string of the molecule is CC(=O)OC[C@]12CCC(C)C[C@H]1O[C@@H]1[C@H](O)[C@@H](OC(C)=O)[C@@]2(C)[C@]12CO2. The molecule has 0 radical (unpaired) electrons. The van der Waals surface area contributed by atoms with Gasteiger partial charge in [0.25, 0.3) is 0 Å². The van der Waals surface area contributed by atoms with Crippen molar-refractivity contribution in [1.29, 1.82) is 0 Å². The molecule has 2 aliphatic carbocycles. The normalized spacial score (nSPS) is 51.7. The number of hydrogen-bond acceptors (Lipinski definition) is 7. The van der Waals surface area contributed by atoms with Crippen molar-refractivity contribution >= 4 is 11.9 Å². The van der Waals surface area contributed by atoms with Gasteiger partial charge in [0, 0.05) is 19.3 Å². The molecule has 1 N–H and O–H groups in total. The number of epoxide rings is 1. The Morgan fingerprint density at radius 2 is 1.96 bits per heavy atom. The average molecular weight is 368 g/mol. The molecule has 0 aromatic carbocycles. The van der Waals surface area contributed by atoms with Crippen molar-refractivity contribution in [3.63, 3.8) is 0 Å². The van der Waals surface area contributed by atoms with Crippen LogP contribution in [0.15, 0.2) is 0 Å². The molecule has 2 aliphatic heterocycles. The van der Waals surface area contributed by atoms with E-state index in [0.717, 1.165) is 19.3 Å². The molecule has 2 saturated heterocycles. The third-order valence-corrected chi connectivity index (χ3v) is 7.47. The van der Waals surface area contributed by atoms with E-state index < -0.39 is 40.7 Å². The smallest absolute Gasteiger partial charge is 0.303 e. The summed E-state index contributed by atoms with van der Waals surface area (Å²) in [6.07, 6.45) is 0.139. The van der Waals surface area contributed by atoms with Crippen LogP contribution in [-0.4, -0.2) is 60.3 Å². The minimum atomic E-state index is -0.957. The van der Waals surface area contributed by atoms with Crippen LogP contribution < -0.4 is 0 Å². The lowest BCUT2D eigenvalue weighted by molar-refractivity contribution is -0.257. The van der Waals surface area contributed by atoms with Crippen LogP contribution in [0.25, 0.3) is 0 Å². The molecule has 26 heavy (non-hydrogen) atoms. The number of aliphatic hydroxyl groups excluding tert-OH is 1. The maximum Gasteiger partial charge on any atom is 0.303 e. The highest BCUT2D eigenvalue weighted by molar-refractivity contribution is 5.67. The van der Waals surface area contributed by atoms with Crippen LogP contribution in [0, 0.1) is 16.7 Å². The van der Waals surface area contributed by atoms with Gasteiger partial charge in [-0.1, -0.05) is 13.8 Å². The monoisotopic (exact) mass is 368 g/mol. The van der Waals surface area contributed by atoms with E-state index in [0.29, 0.717) is 12.5 Å². The molecule has 4 aliphatic rings. The second kappa shape index (κ2) is 5.66. The summed E-state index contributed by atoms with van der Waals surface area (Å²) in [6, 6.07) is 0. The molecule has 0 amide bonds. The minimum absolute atomic E-state index is 0.175. The van der Waals surface area contributed by atoms with Crippen LogP contribution >= 0.6 is 0 Å². The van der Waals surface area contributed by atoms with Gasteiger partial charge in [0.15, 0.2) is 0 Å². The molecule has 4 rings (SSSR count). The summed E-state index contributed by atoms with van der Waals surface area (Å²) in [5.74, 6) is -0.315. The number of rotatable bonds is 3. The van der Waals surface area contributed by atoms with Crippen molar-refractivity contribution in [2.75, 3.05) is 13.2 Å². The summed E-state index contributed by atoms with van der Waals surface area (Å²) >= 11 is 0. The van der Waals surface area contributed by atoms with E-state index in [1.54, 1.807) is 0 Å². The van der Waals surface area contributed by atoms with Gasteiger partial charge in [0.1, 0.15) is 30.5 Å². The molecule has 7 heteroatoms. The second-order valence-electron chi connectivity index (χ2n) is 8.76. The van der Waals surface area contributed by atoms with E-state index in [9.17, 15) is 14.7 Å². The Morgan fingerprint density at radius 3 is 2.54 bits per heavy atom. The first-order chi connectivity index (χ1) is 12.2. The van der Waals surface area contributed by atoms with Crippen molar-refractivity contribution in [2.45, 2.75) is 77.0 Å². The average Bonchev–Trinajstić information content (AvgIpc) is 3.34. The topological polar surface area (TPSA) is 94.6 Å². The Bertz CT molecular complexity index is 629. The van der Waals surface area contributed by atoms with Gasteiger partial charge >= 0.3 is 11.9 Å². The first kappa shape index (κ1) is 18.2. The Hall–Kier alpha value is -1.18. The van der Waals surface area contributed by atoms with Gasteiger partial charge in [-0.05, 0) is 25.2 Å². The second-order valence-corrected chi connectivity index (χ2v) is 8.76. The molecule has 1 unspecified atom stereocenters. The molecule has 2 saturated carbocycles. The van der Waals surface area contributed by atoms with Gasteiger partial charge in [-0.25, -0.2) is 0 Å². The van der Waals surface area contributed by atoms with E-state index >= 15 is 0 Å². The standard InChI is InChI=1S/C19H28O7/c1-10-5-6-18(8-23-11(2)20)13(7-10)26-16-14(22)15(25-12(3)21)17(18,4)19(16)9-24-19/h10,13-16,22H,5-9H2,1-4H3/t10?,13-,14-,15-,16-,17-,18-,19+/m1/s1. The van der Waals surface area contributed by atoms with Gasteiger partial charge in [0.2, 0.25) is 0 Å². The van der Waals surface area contributed by atoms with E-state index in [1.807, 2.05) is 6.92 Å². The van der Waals surface area contributed by atoms with Crippen LogP contribution in [0.1, 0.15) is 47.0 Å². The Balaban J connectivity index is 1.82. The van der Waals surface area contributed by atoms with E-state index in [1.165, 1.54) is 13.8 Å². The maximum absolute atomic E-state index is 11.8. The van der Waals surface area contributed by atoms with Crippen molar-refractivity contribution < 1.29 is 33.6 Å². The number of aliphatic hydroxyl groups is 1. The van der Waals surface area contributed by atoms with Crippen LogP contribution in [0.4, 0.5) is 0 Å². The van der Waals surface area contributed by atoms with E-state index in [4.69, 9.17) is 18.9 Å². The molecule has 0 aromatic heterocycles. The molecule has 7 nitrogen and oxygen atoms in total. The summed E-state index contributed by atoms with van der Waals surface area (Å²) in [4.78, 5) is 23.4. The lowest BCUT2D eigenvalue weighted by Crippen LogP contribution is -2.67. The predicted octanol–water partition coefficient (Wildman–Crippen LogP) is 1.20. The zero-order valence-electron chi connectivity index (χ0n) is 15.8. The fraction of sp³-hybridized carbons (Fsp3) is 0.895. The molecular weight excluding hydrogens is 340 g/mol. The van der Waals surface area contributed by atoms with Crippen molar-refractivity contribution in [1.82, 2.24) is 0 Å². The highest BCUT2D eigenvalue weighted by Crippen LogP contribution is 2.72. The molecule has 4 fully saturated rings. The van der Waals surface area contributed by atoms with Gasteiger partial charge < -0.3 is 24.1 Å². The Labute approximate surface area is 153 Å². The lowest BCUT2D eigenvalue weighted by Gasteiger charge is -2.59. The largest absolute Gasteiger partial charge is 0.465 e. The van der Waals surface area contributed by atoms with Crippen LogP contribution in [0.5, 0.6) is 0 Å². The Kier molecular flexibility index (Phi) is 3.96. The number of ether oxygens (including phenoxy) is 4. The molecule has 2 bridgehead atoms. The summed E-state index contributed by atoms with van der Waals surface area (Å²) < 4.78 is 23.4. The highest BCUT2D eigenvalue weighted by atomic mass is 16.7. The number of esters is 2. The molecule has 8 atom stereocenters. The number of fused-ring (bicyclic) bond motifs is 2. The number of carbonyl (C=O) groups is 2. The number of carbonyl (C=O) groups excluding carboxylic acids is 2. The molecule has 0 aromatic rings. The van der Waals surface area contributed by atoms with Gasteiger partial charge in [-0.15, -0.1) is 0 Å². The molecule has 1 spiro atoms. The summed E-state index contributed by atoms with van der Waals surface area (Å²) in [6.45, 7) is 7.57. The third kappa shape index (κ3) is 2.11. The molecule has 146 valence electrons. The van der Waals surface area contributed by atoms with Crippen molar-refractivity contribution in [2.24, 2.45) is 16.7 Å². The highest BCUT2D eigenvalue weighted by Gasteiger charge is 2.86. The fourth-order valence-electron chi connectivity index (χ4n) is 5.99. The van der Waals surface area contributed by atoms with Gasteiger partial charge in [-0.2, -0.15) is 0 Å². The first-order valence-electron chi connectivity index (χ1n) is 9.46. The molecular formula is C19H28O7. The Morgan fingerprint density at radius 1 is 1.27 bits per heavy atom. The number of hydrogen-bond donors (Lipinski definition) is 1. The maximum atomic E-state index is 11.8. The van der Waals surface area contributed by atoms with Crippen molar-refractivity contribution in [3.8, 4) is 0 Å². The zero-order chi connectivity index (χ0) is 18.9. The summed E-state index contributed by atoms with van der Waals surface area (Å²) in [5.41, 5.74) is -1.94. The van der Waals surface area contributed by atoms with Crippen LogP contribution in [0.3, 0.4) is 0 Å². The summed E-state index contributed by atoms with van der Waals surface area (Å²) in [7, 11) is 0. The lowest BCUT2D eigenvalue weighted by atomic mass is 9.50. The van der Waals surface area contributed by atoms with E-state index in [-0.39, 0.29) is 18.7 Å². The van der Waals surface area contributed by atoms with Crippen LogP contribution in [-0.2, 0) is 28.5 Å². The van der Waals surface area contributed by atoms with Gasteiger partial charge in [0.05, 0.1) is 18.1 Å². The quantitative estimate of drug-likeness (QED) is 0.591. The molecule has 2 heterocycles. The van der Waals surface area contributed by atoms with Gasteiger partial charge in [-0.3, -0.25) is 9.59 Å². The van der Waals surface area contributed by atoms with E-state index in [2.05, 4.69) is 6.92 Å². The first-order valence-corrected chi connectivity index (χ1v) is 9.46. The van der Waals surface area contributed by atoms with Crippen LogP contribution in [0.2, 0.25) is 0 Å². The predicted molar refractivity (Wildman–Crippen MR) is 89.1 cm³/mol. The fourth-order valence-corrected chi connectivity index (χ4v) is 5.99. The van der Waals surface area contributed by atoms with Crippen molar-refractivity contribution in [3.05, 3.63) is 0 Å².